The number of likely N-dealkylation sites (tertiary alicyclic amines) is 1. The highest BCUT2D eigenvalue weighted by Gasteiger charge is 2.39. The summed E-state index contributed by atoms with van der Waals surface area (Å²) >= 11 is 6.24. The number of rotatable bonds is 4. The average molecular weight is 424 g/mol. The Labute approximate surface area is 180 Å². The Kier molecular flexibility index (Phi) is 5.35. The van der Waals surface area contributed by atoms with Crippen LogP contribution in [-0.4, -0.2) is 35.7 Å². The third kappa shape index (κ3) is 3.59. The zero-order valence-corrected chi connectivity index (χ0v) is 17.6. The lowest BCUT2D eigenvalue weighted by Gasteiger charge is -2.18. The fraction of sp³-hybridized carbons (Fsp3) is 0.261. The summed E-state index contributed by atoms with van der Waals surface area (Å²) in [5.74, 6) is -1.13. The Morgan fingerprint density at radius 1 is 1.00 bits per heavy atom. The highest BCUT2D eigenvalue weighted by Crippen LogP contribution is 2.32. The first-order valence-corrected chi connectivity index (χ1v) is 10.3. The number of nitrogens with one attached hydrogen (secondary N) is 1. The molecule has 3 amide bonds. The molecule has 0 aliphatic carbocycles. The number of hydrogen-bond acceptors (Lipinski definition) is 4. The molecule has 1 N–H and O–H groups in total. The summed E-state index contributed by atoms with van der Waals surface area (Å²) in [7, 11) is 0. The number of anilines is 2. The van der Waals surface area contributed by atoms with Crippen LogP contribution in [0.4, 0.5) is 11.4 Å². The van der Waals surface area contributed by atoms with Crippen molar-refractivity contribution in [3.63, 3.8) is 0 Å². The Morgan fingerprint density at radius 2 is 1.73 bits per heavy atom. The van der Waals surface area contributed by atoms with Crippen molar-refractivity contribution in [1.29, 1.82) is 0 Å². The van der Waals surface area contributed by atoms with E-state index in [1.165, 1.54) is 0 Å². The molecule has 0 unspecified atom stereocenters. The van der Waals surface area contributed by atoms with Crippen LogP contribution in [0.2, 0.25) is 0 Å². The monoisotopic (exact) mass is 423 g/mol. The van der Waals surface area contributed by atoms with Gasteiger partial charge in [-0.15, -0.1) is 0 Å². The van der Waals surface area contributed by atoms with Gasteiger partial charge in [-0.05, 0) is 56.5 Å². The van der Waals surface area contributed by atoms with Gasteiger partial charge >= 0.3 is 0 Å². The van der Waals surface area contributed by atoms with Gasteiger partial charge in [0.05, 0.1) is 5.69 Å². The number of imide groups is 1. The van der Waals surface area contributed by atoms with Crippen molar-refractivity contribution in [1.82, 2.24) is 4.90 Å². The van der Waals surface area contributed by atoms with E-state index in [0.717, 1.165) is 42.0 Å². The van der Waals surface area contributed by atoms with E-state index < -0.39 is 11.8 Å². The summed E-state index contributed by atoms with van der Waals surface area (Å²) < 4.78 is 0. The van der Waals surface area contributed by atoms with E-state index in [1.54, 1.807) is 30.3 Å². The lowest BCUT2D eigenvalue weighted by atomic mass is 10.1. The minimum Gasteiger partial charge on any atom is -0.350 e. The first-order valence-electron chi connectivity index (χ1n) is 9.89. The van der Waals surface area contributed by atoms with Gasteiger partial charge in [0.1, 0.15) is 10.7 Å². The van der Waals surface area contributed by atoms with Crippen LogP contribution in [-0.2, 0) is 9.59 Å². The van der Waals surface area contributed by atoms with E-state index in [2.05, 4.69) is 5.32 Å². The van der Waals surface area contributed by atoms with Crippen molar-refractivity contribution in [3.8, 4) is 0 Å². The molecular weight excluding hydrogens is 402 g/mol. The van der Waals surface area contributed by atoms with Crippen molar-refractivity contribution in [3.05, 3.63) is 69.9 Å². The first kappa shape index (κ1) is 20.2. The highest BCUT2D eigenvalue weighted by atomic mass is 35.5. The molecule has 2 aromatic rings. The summed E-state index contributed by atoms with van der Waals surface area (Å²) in [4.78, 5) is 41.3. The van der Waals surface area contributed by atoms with E-state index >= 15 is 0 Å². The molecule has 4 rings (SSSR count). The van der Waals surface area contributed by atoms with E-state index in [-0.39, 0.29) is 16.6 Å². The summed E-state index contributed by atoms with van der Waals surface area (Å²) in [5, 5.41) is 2.78. The Hall–Kier alpha value is -3.12. The van der Waals surface area contributed by atoms with Gasteiger partial charge in [0.2, 0.25) is 0 Å². The number of amides is 3. The molecule has 6 nitrogen and oxygen atoms in total. The fourth-order valence-corrected chi connectivity index (χ4v) is 4.08. The smallest absolute Gasteiger partial charge is 0.283 e. The highest BCUT2D eigenvalue weighted by molar-refractivity contribution is 6.53. The molecule has 2 aliphatic rings. The molecule has 2 aliphatic heterocycles. The van der Waals surface area contributed by atoms with Crippen LogP contribution >= 0.6 is 11.6 Å². The van der Waals surface area contributed by atoms with Gasteiger partial charge in [-0.25, -0.2) is 4.90 Å². The van der Waals surface area contributed by atoms with Gasteiger partial charge in [-0.3, -0.25) is 14.4 Å². The second-order valence-corrected chi connectivity index (χ2v) is 8.01. The predicted octanol–water partition coefficient (Wildman–Crippen LogP) is 3.98. The molecular formula is C23H22ClN3O3. The van der Waals surface area contributed by atoms with Crippen LogP contribution in [0, 0.1) is 13.8 Å². The fourth-order valence-electron chi connectivity index (χ4n) is 3.86. The zero-order chi connectivity index (χ0) is 21.4. The largest absolute Gasteiger partial charge is 0.350 e. The van der Waals surface area contributed by atoms with Crippen LogP contribution in [0.3, 0.4) is 0 Å². The molecule has 7 heteroatoms. The number of aryl methyl sites for hydroxylation is 2. The molecule has 154 valence electrons. The second-order valence-electron chi connectivity index (χ2n) is 7.63. The molecule has 0 spiro atoms. The first-order chi connectivity index (χ1) is 14.4. The van der Waals surface area contributed by atoms with Crippen LogP contribution in [0.15, 0.2) is 53.2 Å². The lowest BCUT2D eigenvalue weighted by molar-refractivity contribution is -0.120. The summed E-state index contributed by atoms with van der Waals surface area (Å²) in [6, 6.07) is 12.4. The standard InChI is InChI=1S/C23H22ClN3O3/c1-14-8-9-18(15(2)12-14)27-22(29)19(24)20(23(27)30)25-17-7-5-6-16(13-17)21(28)26-10-3-4-11-26/h5-9,12-13,25H,3-4,10-11H2,1-2H3. The number of benzene rings is 2. The number of carbonyl (C=O) groups is 3. The second kappa shape index (κ2) is 7.95. The van der Waals surface area contributed by atoms with Gasteiger partial charge in [0.15, 0.2) is 0 Å². The molecule has 0 aromatic heterocycles. The van der Waals surface area contributed by atoms with Crippen LogP contribution in [0.25, 0.3) is 0 Å². The van der Waals surface area contributed by atoms with Crippen molar-refractivity contribution in [2.45, 2.75) is 26.7 Å². The number of hydrogen-bond donors (Lipinski definition) is 1. The Morgan fingerprint density at radius 3 is 2.43 bits per heavy atom. The molecule has 1 fully saturated rings. The van der Waals surface area contributed by atoms with Crippen molar-refractivity contribution in [2.24, 2.45) is 0 Å². The molecule has 0 radical (unpaired) electrons. The third-order valence-electron chi connectivity index (χ3n) is 5.39. The average Bonchev–Trinajstić information content (AvgIpc) is 3.33. The number of carbonyl (C=O) groups excluding carboxylic acids is 3. The third-order valence-corrected chi connectivity index (χ3v) is 5.74. The molecule has 1 saturated heterocycles. The van der Waals surface area contributed by atoms with Crippen molar-refractivity contribution in [2.75, 3.05) is 23.3 Å². The lowest BCUT2D eigenvalue weighted by Crippen LogP contribution is -2.32. The summed E-state index contributed by atoms with van der Waals surface area (Å²) in [6.45, 7) is 5.30. The van der Waals surface area contributed by atoms with Crippen LogP contribution in [0.1, 0.15) is 34.3 Å². The molecule has 30 heavy (non-hydrogen) atoms. The van der Waals surface area contributed by atoms with Gasteiger partial charge in [-0.1, -0.05) is 35.4 Å². The molecule has 0 atom stereocenters. The molecule has 0 saturated carbocycles. The van der Waals surface area contributed by atoms with E-state index in [4.69, 9.17) is 11.6 Å². The van der Waals surface area contributed by atoms with Gasteiger partial charge in [0, 0.05) is 24.3 Å². The maximum absolute atomic E-state index is 13.0. The quantitative estimate of drug-likeness (QED) is 0.755. The topological polar surface area (TPSA) is 69.7 Å². The number of nitrogens with zero attached hydrogens (tertiary/aromatic N) is 2. The van der Waals surface area contributed by atoms with Crippen LogP contribution < -0.4 is 10.2 Å². The van der Waals surface area contributed by atoms with Gasteiger partial charge in [-0.2, -0.15) is 0 Å². The molecule has 0 bridgehead atoms. The van der Waals surface area contributed by atoms with Gasteiger partial charge < -0.3 is 10.2 Å². The van der Waals surface area contributed by atoms with E-state index in [0.29, 0.717) is 16.9 Å². The minimum atomic E-state index is -0.569. The Bertz CT molecular complexity index is 1090. The van der Waals surface area contributed by atoms with E-state index in [9.17, 15) is 14.4 Å². The van der Waals surface area contributed by atoms with Crippen molar-refractivity contribution >= 4 is 40.7 Å². The van der Waals surface area contributed by atoms with Crippen molar-refractivity contribution < 1.29 is 14.4 Å². The Balaban J connectivity index is 1.59. The zero-order valence-electron chi connectivity index (χ0n) is 16.9. The minimum absolute atomic E-state index is 0.00686. The summed E-state index contributed by atoms with van der Waals surface area (Å²) in [5.41, 5.74) is 3.40. The molecule has 2 heterocycles. The molecule has 2 aromatic carbocycles. The van der Waals surface area contributed by atoms with Crippen LogP contribution in [0.5, 0.6) is 0 Å². The maximum Gasteiger partial charge on any atom is 0.283 e. The number of halogens is 1. The van der Waals surface area contributed by atoms with Gasteiger partial charge in [0.25, 0.3) is 17.7 Å². The normalized spacial score (nSPS) is 16.6. The van der Waals surface area contributed by atoms with E-state index in [1.807, 2.05) is 30.9 Å². The predicted molar refractivity (Wildman–Crippen MR) is 116 cm³/mol. The summed E-state index contributed by atoms with van der Waals surface area (Å²) in [6.07, 6.45) is 2.02. The maximum atomic E-state index is 13.0. The SMILES string of the molecule is Cc1ccc(N2C(=O)C(Cl)=C(Nc3cccc(C(=O)N4CCCC4)c3)C2=O)c(C)c1.